The van der Waals surface area contributed by atoms with Crippen LogP contribution in [0.3, 0.4) is 0 Å². The summed E-state index contributed by atoms with van der Waals surface area (Å²) in [5.41, 5.74) is 5.85. The number of likely N-dealkylation sites (tertiary alicyclic amines) is 1. The average Bonchev–Trinajstić information content (AvgIpc) is 3.25. The van der Waals surface area contributed by atoms with Gasteiger partial charge in [-0.3, -0.25) is 14.7 Å². The summed E-state index contributed by atoms with van der Waals surface area (Å²) in [6.07, 6.45) is 1.89. The zero-order valence-electron chi connectivity index (χ0n) is 13.9. The lowest BCUT2D eigenvalue weighted by Gasteiger charge is -2.37. The van der Waals surface area contributed by atoms with Crippen LogP contribution < -0.4 is 5.73 Å². The Labute approximate surface area is 145 Å². The van der Waals surface area contributed by atoms with Crippen LogP contribution in [0, 0.1) is 0 Å². The van der Waals surface area contributed by atoms with Crippen molar-refractivity contribution in [3.8, 4) is 0 Å². The number of aromatic amines is 1. The van der Waals surface area contributed by atoms with E-state index >= 15 is 0 Å². The second-order valence-corrected chi connectivity index (χ2v) is 7.71. The third kappa shape index (κ3) is 3.08. The lowest BCUT2D eigenvalue weighted by atomic mass is 9.87. The maximum absolute atomic E-state index is 13.0. The van der Waals surface area contributed by atoms with Gasteiger partial charge in [0.25, 0.3) is 5.91 Å². The van der Waals surface area contributed by atoms with Crippen LogP contribution >= 0.6 is 11.3 Å². The van der Waals surface area contributed by atoms with Crippen LogP contribution in [0.1, 0.15) is 53.7 Å². The van der Waals surface area contributed by atoms with Crippen LogP contribution in [-0.2, 0) is 10.2 Å². The van der Waals surface area contributed by atoms with Gasteiger partial charge in [0.05, 0.1) is 5.41 Å². The lowest BCUT2D eigenvalue weighted by Crippen LogP contribution is -2.47. The molecule has 1 saturated heterocycles. The molecule has 0 saturated carbocycles. The van der Waals surface area contributed by atoms with E-state index in [2.05, 4.69) is 10.2 Å². The first kappa shape index (κ1) is 16.7. The monoisotopic (exact) mass is 346 g/mol. The zero-order valence-corrected chi connectivity index (χ0v) is 14.7. The van der Waals surface area contributed by atoms with Crippen molar-refractivity contribution in [2.75, 3.05) is 13.1 Å². The molecule has 24 heavy (non-hydrogen) atoms. The number of H-pyrrole nitrogens is 1. The molecule has 1 atom stereocenters. The maximum atomic E-state index is 13.0. The quantitative estimate of drug-likeness (QED) is 0.889. The molecule has 0 aliphatic carbocycles. The van der Waals surface area contributed by atoms with Crippen LogP contribution in [0.5, 0.6) is 0 Å². The van der Waals surface area contributed by atoms with Gasteiger partial charge < -0.3 is 10.6 Å². The molecule has 0 aromatic carbocycles. The van der Waals surface area contributed by atoms with Crippen molar-refractivity contribution < 1.29 is 9.59 Å². The Kier molecular flexibility index (Phi) is 4.45. The highest BCUT2D eigenvalue weighted by Gasteiger charge is 2.37. The number of nitrogens with zero attached hydrogens (tertiary/aromatic N) is 2. The molecule has 3 N–H and O–H groups in total. The van der Waals surface area contributed by atoms with Crippen LogP contribution in [0.15, 0.2) is 23.6 Å². The predicted octanol–water partition coefficient (Wildman–Crippen LogP) is 2.25. The minimum absolute atomic E-state index is 0.143. The number of carbonyl (C=O) groups is 2. The van der Waals surface area contributed by atoms with Gasteiger partial charge in [-0.25, -0.2) is 0 Å². The number of thiophene rings is 1. The first-order valence-electron chi connectivity index (χ1n) is 8.08. The van der Waals surface area contributed by atoms with Crippen molar-refractivity contribution in [1.29, 1.82) is 0 Å². The summed E-state index contributed by atoms with van der Waals surface area (Å²) in [6.45, 7) is 5.35. The summed E-state index contributed by atoms with van der Waals surface area (Å²) < 4.78 is 0. The van der Waals surface area contributed by atoms with Crippen LogP contribution in [-0.4, -0.2) is 40.0 Å². The van der Waals surface area contributed by atoms with Gasteiger partial charge >= 0.3 is 0 Å². The van der Waals surface area contributed by atoms with Crippen molar-refractivity contribution in [3.63, 3.8) is 0 Å². The fraction of sp³-hybridized carbons (Fsp3) is 0.471. The number of amides is 2. The number of piperidine rings is 1. The summed E-state index contributed by atoms with van der Waals surface area (Å²) >= 11 is 1.61. The number of rotatable bonds is 4. The van der Waals surface area contributed by atoms with Gasteiger partial charge in [-0.1, -0.05) is 6.07 Å². The van der Waals surface area contributed by atoms with Gasteiger partial charge in [-0.2, -0.15) is 5.10 Å². The van der Waals surface area contributed by atoms with Gasteiger partial charge in [-0.05, 0) is 44.2 Å². The Hall–Kier alpha value is -2.15. The summed E-state index contributed by atoms with van der Waals surface area (Å²) in [7, 11) is 0. The summed E-state index contributed by atoms with van der Waals surface area (Å²) in [5.74, 6) is -0.244. The Morgan fingerprint density at radius 3 is 2.88 bits per heavy atom. The molecular weight excluding hydrogens is 324 g/mol. The first-order chi connectivity index (χ1) is 11.4. The Morgan fingerprint density at radius 2 is 2.25 bits per heavy atom. The standard InChI is InChI=1S/C17H22N4O2S/c1-17(2,14-6-4-8-24-14)16(23)21-7-3-5-11(10-21)12-9-13(15(18)22)20-19-12/h4,6,8-9,11H,3,5,7,10H2,1-2H3,(H2,18,22)(H,19,20). The molecule has 1 aliphatic heterocycles. The molecule has 6 nitrogen and oxygen atoms in total. The number of primary amides is 1. The van der Waals surface area contributed by atoms with Crippen LogP contribution in [0.4, 0.5) is 0 Å². The van der Waals surface area contributed by atoms with Crippen LogP contribution in [0.2, 0.25) is 0 Å². The minimum Gasteiger partial charge on any atom is -0.364 e. The van der Waals surface area contributed by atoms with Crippen molar-refractivity contribution in [2.24, 2.45) is 5.73 Å². The van der Waals surface area contributed by atoms with E-state index < -0.39 is 11.3 Å². The molecule has 2 amide bonds. The Morgan fingerprint density at radius 1 is 1.46 bits per heavy atom. The van der Waals surface area contributed by atoms with E-state index in [-0.39, 0.29) is 17.5 Å². The van der Waals surface area contributed by atoms with E-state index in [1.54, 1.807) is 17.4 Å². The second kappa shape index (κ2) is 6.39. The predicted molar refractivity (Wildman–Crippen MR) is 93.0 cm³/mol. The number of aromatic nitrogens is 2. The van der Waals surface area contributed by atoms with E-state index in [4.69, 9.17) is 5.73 Å². The fourth-order valence-electron chi connectivity index (χ4n) is 3.22. The molecule has 1 fully saturated rings. The third-order valence-electron chi connectivity index (χ3n) is 4.67. The Bertz CT molecular complexity index is 736. The highest BCUT2D eigenvalue weighted by Crippen LogP contribution is 2.33. The third-order valence-corrected chi connectivity index (χ3v) is 5.86. The van der Waals surface area contributed by atoms with Gasteiger partial charge in [0.1, 0.15) is 5.69 Å². The van der Waals surface area contributed by atoms with Crippen molar-refractivity contribution in [1.82, 2.24) is 15.1 Å². The number of carbonyl (C=O) groups excluding carboxylic acids is 2. The van der Waals surface area contributed by atoms with Gasteiger partial charge in [-0.15, -0.1) is 11.3 Å². The van der Waals surface area contributed by atoms with Crippen molar-refractivity contribution in [2.45, 2.75) is 38.0 Å². The number of nitrogens with two attached hydrogens (primary N) is 1. The van der Waals surface area contributed by atoms with E-state index in [0.717, 1.165) is 30.0 Å². The van der Waals surface area contributed by atoms with E-state index in [9.17, 15) is 9.59 Å². The first-order valence-corrected chi connectivity index (χ1v) is 8.96. The summed E-state index contributed by atoms with van der Waals surface area (Å²) in [6, 6.07) is 5.69. The largest absolute Gasteiger partial charge is 0.364 e. The maximum Gasteiger partial charge on any atom is 0.269 e. The smallest absolute Gasteiger partial charge is 0.269 e. The van der Waals surface area contributed by atoms with Crippen molar-refractivity contribution in [3.05, 3.63) is 39.8 Å². The molecule has 2 aromatic heterocycles. The minimum atomic E-state index is -0.542. The molecule has 0 spiro atoms. The lowest BCUT2D eigenvalue weighted by molar-refractivity contribution is -0.137. The van der Waals surface area contributed by atoms with Gasteiger partial charge in [0.15, 0.2) is 0 Å². The van der Waals surface area contributed by atoms with Gasteiger partial charge in [0.2, 0.25) is 5.91 Å². The molecule has 3 heterocycles. The zero-order chi connectivity index (χ0) is 17.3. The molecule has 0 bridgehead atoms. The molecule has 3 rings (SSSR count). The number of hydrogen-bond donors (Lipinski definition) is 2. The summed E-state index contributed by atoms with van der Waals surface area (Å²) in [4.78, 5) is 27.3. The molecule has 128 valence electrons. The molecule has 0 radical (unpaired) electrons. The molecule has 1 aliphatic rings. The number of nitrogens with one attached hydrogen (secondary N) is 1. The van der Waals surface area contributed by atoms with E-state index in [0.29, 0.717) is 6.54 Å². The average molecular weight is 346 g/mol. The van der Waals surface area contributed by atoms with Crippen LogP contribution in [0.25, 0.3) is 0 Å². The van der Waals surface area contributed by atoms with E-state index in [1.165, 1.54) is 0 Å². The second-order valence-electron chi connectivity index (χ2n) is 6.77. The topological polar surface area (TPSA) is 92.1 Å². The molecule has 1 unspecified atom stereocenters. The molecule has 7 heteroatoms. The Balaban J connectivity index is 1.75. The fourth-order valence-corrected chi connectivity index (χ4v) is 4.07. The van der Waals surface area contributed by atoms with Crippen molar-refractivity contribution >= 4 is 23.2 Å². The highest BCUT2D eigenvalue weighted by molar-refractivity contribution is 7.10. The number of hydrogen-bond acceptors (Lipinski definition) is 4. The highest BCUT2D eigenvalue weighted by atomic mass is 32.1. The normalized spacial score (nSPS) is 18.6. The molecule has 2 aromatic rings. The van der Waals surface area contributed by atoms with Gasteiger partial charge in [0, 0.05) is 29.6 Å². The SMILES string of the molecule is CC(C)(C(=O)N1CCCC(c2cc(C(N)=O)n[nH]2)C1)c1cccs1. The molecular formula is C17H22N4O2S. The van der Waals surface area contributed by atoms with E-state index in [1.807, 2.05) is 36.3 Å². The summed E-state index contributed by atoms with van der Waals surface area (Å²) in [5, 5.41) is 8.84.